The highest BCUT2D eigenvalue weighted by atomic mass is 16.4. The number of urea groups is 1. The van der Waals surface area contributed by atoms with Gasteiger partial charge in [0.1, 0.15) is 12.1 Å². The van der Waals surface area contributed by atoms with Gasteiger partial charge in [0, 0.05) is 13.1 Å². The molecule has 1 unspecified atom stereocenters. The Kier molecular flexibility index (Phi) is 7.18. The molecular formula is C14H27N3O4. The number of nitrogens with zero attached hydrogens (tertiary/aromatic N) is 1. The Morgan fingerprint density at radius 2 is 1.57 bits per heavy atom. The lowest BCUT2D eigenvalue weighted by atomic mass is 9.87. The van der Waals surface area contributed by atoms with E-state index >= 15 is 0 Å². The van der Waals surface area contributed by atoms with Crippen LogP contribution in [0.4, 0.5) is 4.79 Å². The minimum Gasteiger partial charge on any atom is -0.480 e. The van der Waals surface area contributed by atoms with Gasteiger partial charge >= 0.3 is 12.0 Å². The van der Waals surface area contributed by atoms with Crippen molar-refractivity contribution in [1.29, 1.82) is 0 Å². The van der Waals surface area contributed by atoms with Crippen LogP contribution in [0.25, 0.3) is 0 Å². The van der Waals surface area contributed by atoms with E-state index in [1.54, 1.807) is 32.6 Å². The lowest BCUT2D eigenvalue weighted by Crippen LogP contribution is -2.56. The van der Waals surface area contributed by atoms with Crippen molar-refractivity contribution in [2.24, 2.45) is 5.41 Å². The molecule has 0 saturated heterocycles. The van der Waals surface area contributed by atoms with Crippen LogP contribution in [0.1, 0.15) is 41.5 Å². The van der Waals surface area contributed by atoms with Crippen molar-refractivity contribution in [2.45, 2.75) is 53.6 Å². The molecule has 21 heavy (non-hydrogen) atoms. The van der Waals surface area contributed by atoms with Crippen molar-refractivity contribution in [3.63, 3.8) is 0 Å². The maximum atomic E-state index is 12.0. The Bertz CT molecular complexity index is 386. The number of hydrogen-bond acceptors (Lipinski definition) is 3. The smallest absolute Gasteiger partial charge is 0.326 e. The number of amides is 3. The summed E-state index contributed by atoms with van der Waals surface area (Å²) in [7, 11) is 0. The van der Waals surface area contributed by atoms with E-state index in [4.69, 9.17) is 5.11 Å². The predicted molar refractivity (Wildman–Crippen MR) is 79.9 cm³/mol. The zero-order valence-electron chi connectivity index (χ0n) is 13.7. The molecule has 0 aliphatic carbocycles. The predicted octanol–water partition coefficient (Wildman–Crippen LogP) is 1.04. The first-order chi connectivity index (χ1) is 9.54. The average molecular weight is 301 g/mol. The fourth-order valence-electron chi connectivity index (χ4n) is 1.89. The number of carbonyl (C=O) groups excluding carboxylic acids is 2. The molecule has 0 aromatic heterocycles. The quantitative estimate of drug-likeness (QED) is 0.682. The van der Waals surface area contributed by atoms with Gasteiger partial charge in [-0.3, -0.25) is 4.79 Å². The maximum absolute atomic E-state index is 12.0. The third kappa shape index (κ3) is 6.01. The summed E-state index contributed by atoms with van der Waals surface area (Å²) in [6.07, 6.45) is 0. The van der Waals surface area contributed by atoms with Gasteiger partial charge in [0.05, 0.1) is 0 Å². The SMILES string of the molecule is CCN(CC)C(=O)C(C)NC(=O)N[C@H](C(=O)O)C(C)(C)C. The number of hydrogen-bond donors (Lipinski definition) is 3. The molecule has 0 saturated carbocycles. The Labute approximate surface area is 126 Å². The Morgan fingerprint density at radius 1 is 1.10 bits per heavy atom. The van der Waals surface area contributed by atoms with E-state index in [1.807, 2.05) is 13.8 Å². The summed E-state index contributed by atoms with van der Waals surface area (Å²) < 4.78 is 0. The molecule has 0 aromatic rings. The van der Waals surface area contributed by atoms with Gasteiger partial charge in [0.25, 0.3) is 0 Å². The minimum atomic E-state index is -1.11. The van der Waals surface area contributed by atoms with E-state index in [2.05, 4.69) is 10.6 Å². The molecule has 7 heteroatoms. The van der Waals surface area contributed by atoms with Crippen LogP contribution in [0.3, 0.4) is 0 Å². The normalized spacial score (nSPS) is 14.0. The lowest BCUT2D eigenvalue weighted by Gasteiger charge is -2.29. The first-order valence-electron chi connectivity index (χ1n) is 7.13. The van der Waals surface area contributed by atoms with Crippen molar-refractivity contribution in [3.05, 3.63) is 0 Å². The van der Waals surface area contributed by atoms with E-state index in [-0.39, 0.29) is 5.91 Å². The van der Waals surface area contributed by atoms with Crippen molar-refractivity contribution in [2.75, 3.05) is 13.1 Å². The van der Waals surface area contributed by atoms with E-state index < -0.39 is 29.5 Å². The Balaban J connectivity index is 4.68. The van der Waals surface area contributed by atoms with Crippen LogP contribution in [0.15, 0.2) is 0 Å². The summed E-state index contributed by atoms with van der Waals surface area (Å²) in [6, 6.07) is -2.40. The Hall–Kier alpha value is -1.79. The second-order valence-electron chi connectivity index (χ2n) is 5.99. The highest BCUT2D eigenvalue weighted by Gasteiger charge is 2.33. The molecule has 0 fully saturated rings. The van der Waals surface area contributed by atoms with E-state index in [0.717, 1.165) is 0 Å². The average Bonchev–Trinajstić information content (AvgIpc) is 2.35. The number of nitrogens with one attached hydrogen (secondary N) is 2. The molecule has 0 bridgehead atoms. The van der Waals surface area contributed by atoms with E-state index in [0.29, 0.717) is 13.1 Å². The number of likely N-dealkylation sites (N-methyl/N-ethyl adjacent to an activating group) is 1. The van der Waals surface area contributed by atoms with Crippen LogP contribution in [0.5, 0.6) is 0 Å². The molecule has 122 valence electrons. The van der Waals surface area contributed by atoms with Crippen LogP contribution in [0, 0.1) is 5.41 Å². The molecule has 0 heterocycles. The number of rotatable bonds is 6. The standard InChI is InChI=1S/C14H27N3O4/c1-7-17(8-2)11(18)9(3)15-13(21)16-10(12(19)20)14(4,5)6/h9-10H,7-8H2,1-6H3,(H,19,20)(H2,15,16,21)/t9?,10-/m1/s1. The summed E-state index contributed by atoms with van der Waals surface area (Å²) in [5, 5.41) is 14.0. The monoisotopic (exact) mass is 301 g/mol. The Morgan fingerprint density at radius 3 is 1.90 bits per heavy atom. The molecular weight excluding hydrogens is 274 g/mol. The molecule has 2 atom stereocenters. The highest BCUT2D eigenvalue weighted by Crippen LogP contribution is 2.19. The van der Waals surface area contributed by atoms with Gasteiger partial charge in [-0.15, -0.1) is 0 Å². The fraction of sp³-hybridized carbons (Fsp3) is 0.786. The zero-order chi connectivity index (χ0) is 16.8. The fourth-order valence-corrected chi connectivity index (χ4v) is 1.89. The van der Waals surface area contributed by atoms with Gasteiger partial charge in [-0.2, -0.15) is 0 Å². The molecule has 0 rings (SSSR count). The van der Waals surface area contributed by atoms with Gasteiger partial charge in [0.2, 0.25) is 5.91 Å². The number of carboxylic acids is 1. The maximum Gasteiger partial charge on any atom is 0.326 e. The number of carbonyl (C=O) groups is 3. The summed E-state index contributed by atoms with van der Waals surface area (Å²) in [5.74, 6) is -1.31. The summed E-state index contributed by atoms with van der Waals surface area (Å²) in [4.78, 5) is 36.7. The van der Waals surface area contributed by atoms with Gasteiger partial charge in [-0.05, 0) is 26.2 Å². The van der Waals surface area contributed by atoms with Gasteiger partial charge in [-0.25, -0.2) is 9.59 Å². The minimum absolute atomic E-state index is 0.196. The highest BCUT2D eigenvalue weighted by molar-refractivity contribution is 5.88. The van der Waals surface area contributed by atoms with Gasteiger partial charge < -0.3 is 20.6 Å². The van der Waals surface area contributed by atoms with Crippen molar-refractivity contribution < 1.29 is 19.5 Å². The van der Waals surface area contributed by atoms with Crippen LogP contribution < -0.4 is 10.6 Å². The van der Waals surface area contributed by atoms with Crippen molar-refractivity contribution in [1.82, 2.24) is 15.5 Å². The molecule has 0 radical (unpaired) electrons. The summed E-state index contributed by atoms with van der Waals surface area (Å²) in [5.41, 5.74) is -0.630. The third-order valence-electron chi connectivity index (χ3n) is 3.18. The second-order valence-corrected chi connectivity index (χ2v) is 5.99. The van der Waals surface area contributed by atoms with Crippen LogP contribution in [-0.4, -0.2) is 53.1 Å². The number of aliphatic carboxylic acids is 1. The van der Waals surface area contributed by atoms with Crippen LogP contribution in [-0.2, 0) is 9.59 Å². The van der Waals surface area contributed by atoms with E-state index in [1.165, 1.54) is 0 Å². The van der Waals surface area contributed by atoms with Gasteiger partial charge in [0.15, 0.2) is 0 Å². The van der Waals surface area contributed by atoms with Crippen molar-refractivity contribution in [3.8, 4) is 0 Å². The number of carboxylic acid groups (broad SMARTS) is 1. The molecule has 0 aliphatic heterocycles. The summed E-state index contributed by atoms with van der Waals surface area (Å²) >= 11 is 0. The zero-order valence-corrected chi connectivity index (χ0v) is 13.7. The third-order valence-corrected chi connectivity index (χ3v) is 3.18. The molecule has 7 nitrogen and oxygen atoms in total. The topological polar surface area (TPSA) is 98.7 Å². The lowest BCUT2D eigenvalue weighted by molar-refractivity contribution is -0.141. The largest absolute Gasteiger partial charge is 0.480 e. The first kappa shape index (κ1) is 19.2. The van der Waals surface area contributed by atoms with Crippen LogP contribution in [0.2, 0.25) is 0 Å². The van der Waals surface area contributed by atoms with Crippen LogP contribution >= 0.6 is 0 Å². The van der Waals surface area contributed by atoms with Crippen molar-refractivity contribution >= 4 is 17.9 Å². The molecule has 0 aliphatic rings. The molecule has 3 amide bonds. The second kappa shape index (κ2) is 7.85. The molecule has 3 N–H and O–H groups in total. The first-order valence-corrected chi connectivity index (χ1v) is 7.13. The summed E-state index contributed by atoms with van der Waals surface area (Å²) in [6.45, 7) is 11.6. The van der Waals surface area contributed by atoms with E-state index in [9.17, 15) is 14.4 Å². The molecule has 0 spiro atoms. The van der Waals surface area contributed by atoms with Gasteiger partial charge in [-0.1, -0.05) is 20.8 Å². The molecule has 0 aromatic carbocycles.